The number of benzene rings is 1. The standard InChI is InChI=1S/C12H16N2O4/c1-16-10-3-2-8(13)6-9(10)14-12(15)11-7-17-4-5-18-11/h2-3,6,11H,4-5,7,13H2,1H3,(H,14,15). The molecule has 1 aromatic rings. The molecule has 6 nitrogen and oxygen atoms in total. The maximum Gasteiger partial charge on any atom is 0.256 e. The van der Waals surface area contributed by atoms with Crippen LogP contribution >= 0.6 is 0 Å². The monoisotopic (exact) mass is 252 g/mol. The molecule has 6 heteroatoms. The first-order chi connectivity index (χ1) is 8.70. The van der Waals surface area contributed by atoms with Gasteiger partial charge in [0.15, 0.2) is 6.10 Å². The number of anilines is 2. The number of carbonyl (C=O) groups excluding carboxylic acids is 1. The van der Waals surface area contributed by atoms with Crippen LogP contribution in [0.4, 0.5) is 11.4 Å². The second kappa shape index (κ2) is 5.70. The van der Waals surface area contributed by atoms with Crippen molar-refractivity contribution in [2.75, 3.05) is 38.0 Å². The molecule has 1 unspecified atom stereocenters. The molecule has 1 amide bonds. The van der Waals surface area contributed by atoms with Crippen LogP contribution in [0.1, 0.15) is 0 Å². The number of rotatable bonds is 3. The van der Waals surface area contributed by atoms with Crippen molar-refractivity contribution in [1.82, 2.24) is 0 Å². The molecule has 18 heavy (non-hydrogen) atoms. The molecule has 1 atom stereocenters. The fourth-order valence-electron chi connectivity index (χ4n) is 1.68. The Kier molecular flexibility index (Phi) is 4.01. The summed E-state index contributed by atoms with van der Waals surface area (Å²) in [7, 11) is 1.53. The minimum Gasteiger partial charge on any atom is -0.495 e. The van der Waals surface area contributed by atoms with Crippen molar-refractivity contribution in [1.29, 1.82) is 0 Å². The van der Waals surface area contributed by atoms with Gasteiger partial charge in [0.1, 0.15) is 5.75 Å². The van der Waals surface area contributed by atoms with Gasteiger partial charge in [-0.05, 0) is 18.2 Å². The Morgan fingerprint density at radius 3 is 3.00 bits per heavy atom. The van der Waals surface area contributed by atoms with Gasteiger partial charge in [0.2, 0.25) is 0 Å². The summed E-state index contributed by atoms with van der Waals surface area (Å²) in [6.45, 7) is 1.20. The molecular formula is C12H16N2O4. The molecule has 0 saturated carbocycles. The molecule has 1 aliphatic heterocycles. The van der Waals surface area contributed by atoms with E-state index in [1.807, 2.05) is 0 Å². The van der Waals surface area contributed by atoms with E-state index in [9.17, 15) is 4.79 Å². The van der Waals surface area contributed by atoms with E-state index in [1.54, 1.807) is 18.2 Å². The van der Waals surface area contributed by atoms with Gasteiger partial charge in [0.05, 0.1) is 32.6 Å². The number of hydrogen-bond donors (Lipinski definition) is 2. The van der Waals surface area contributed by atoms with Crippen molar-refractivity contribution in [3.63, 3.8) is 0 Å². The molecule has 0 aliphatic carbocycles. The van der Waals surface area contributed by atoms with Crippen molar-refractivity contribution in [2.24, 2.45) is 0 Å². The van der Waals surface area contributed by atoms with Crippen LogP contribution in [0.3, 0.4) is 0 Å². The lowest BCUT2D eigenvalue weighted by Crippen LogP contribution is -2.39. The topological polar surface area (TPSA) is 82.8 Å². The summed E-state index contributed by atoms with van der Waals surface area (Å²) in [5.41, 5.74) is 6.75. The lowest BCUT2D eigenvalue weighted by molar-refractivity contribution is -0.142. The summed E-state index contributed by atoms with van der Waals surface area (Å²) in [5, 5.41) is 2.72. The van der Waals surface area contributed by atoms with Gasteiger partial charge in [-0.25, -0.2) is 0 Å². The first-order valence-corrected chi connectivity index (χ1v) is 5.64. The zero-order valence-corrected chi connectivity index (χ0v) is 10.1. The van der Waals surface area contributed by atoms with Crippen LogP contribution in [-0.4, -0.2) is 38.9 Å². The Balaban J connectivity index is 2.07. The Bertz CT molecular complexity index is 430. The van der Waals surface area contributed by atoms with Crippen molar-refractivity contribution >= 4 is 17.3 Å². The van der Waals surface area contributed by atoms with E-state index >= 15 is 0 Å². The van der Waals surface area contributed by atoms with E-state index < -0.39 is 6.10 Å². The number of ether oxygens (including phenoxy) is 3. The first-order valence-electron chi connectivity index (χ1n) is 5.64. The van der Waals surface area contributed by atoms with Crippen LogP contribution in [0.25, 0.3) is 0 Å². The molecule has 1 saturated heterocycles. The Labute approximate surface area is 105 Å². The molecule has 0 radical (unpaired) electrons. The van der Waals surface area contributed by atoms with Gasteiger partial charge in [0.25, 0.3) is 5.91 Å². The molecule has 1 fully saturated rings. The van der Waals surface area contributed by atoms with Gasteiger partial charge in [0, 0.05) is 5.69 Å². The van der Waals surface area contributed by atoms with Gasteiger partial charge < -0.3 is 25.3 Å². The van der Waals surface area contributed by atoms with Crippen molar-refractivity contribution in [3.05, 3.63) is 18.2 Å². The average Bonchev–Trinajstić information content (AvgIpc) is 2.40. The summed E-state index contributed by atoms with van der Waals surface area (Å²) >= 11 is 0. The molecule has 0 spiro atoms. The van der Waals surface area contributed by atoms with Crippen LogP contribution in [-0.2, 0) is 14.3 Å². The summed E-state index contributed by atoms with van der Waals surface area (Å²) in [6.07, 6.45) is -0.593. The number of nitrogens with one attached hydrogen (secondary N) is 1. The summed E-state index contributed by atoms with van der Waals surface area (Å²) in [6, 6.07) is 5.04. The second-order valence-electron chi connectivity index (χ2n) is 3.88. The fraction of sp³-hybridized carbons (Fsp3) is 0.417. The van der Waals surface area contributed by atoms with Gasteiger partial charge in [-0.15, -0.1) is 0 Å². The van der Waals surface area contributed by atoms with Gasteiger partial charge in [-0.2, -0.15) is 0 Å². The zero-order valence-electron chi connectivity index (χ0n) is 10.1. The molecule has 2 rings (SSSR count). The van der Waals surface area contributed by atoms with Crippen LogP contribution in [0.5, 0.6) is 5.75 Å². The van der Waals surface area contributed by atoms with Crippen LogP contribution in [0.15, 0.2) is 18.2 Å². The predicted molar refractivity (Wildman–Crippen MR) is 66.6 cm³/mol. The number of methoxy groups -OCH3 is 1. The first kappa shape index (κ1) is 12.7. The summed E-state index contributed by atoms with van der Waals surface area (Å²) < 4.78 is 15.6. The lowest BCUT2D eigenvalue weighted by Gasteiger charge is -2.22. The highest BCUT2D eigenvalue weighted by Crippen LogP contribution is 2.26. The van der Waals surface area contributed by atoms with E-state index in [-0.39, 0.29) is 12.5 Å². The van der Waals surface area contributed by atoms with E-state index in [0.717, 1.165) is 0 Å². The summed E-state index contributed by atoms with van der Waals surface area (Å²) in [4.78, 5) is 11.9. The average molecular weight is 252 g/mol. The largest absolute Gasteiger partial charge is 0.495 e. The van der Waals surface area contributed by atoms with E-state index in [2.05, 4.69) is 5.32 Å². The smallest absolute Gasteiger partial charge is 0.256 e. The van der Waals surface area contributed by atoms with Crippen LogP contribution in [0, 0.1) is 0 Å². The third-order valence-corrected chi connectivity index (χ3v) is 2.59. The van der Waals surface area contributed by atoms with Crippen LogP contribution in [0.2, 0.25) is 0 Å². The maximum atomic E-state index is 11.9. The molecule has 1 aliphatic rings. The molecule has 0 aromatic heterocycles. The highest BCUT2D eigenvalue weighted by atomic mass is 16.6. The van der Waals surface area contributed by atoms with E-state index in [0.29, 0.717) is 30.3 Å². The molecule has 0 bridgehead atoms. The van der Waals surface area contributed by atoms with E-state index in [4.69, 9.17) is 19.9 Å². The second-order valence-corrected chi connectivity index (χ2v) is 3.88. The minimum atomic E-state index is -0.593. The Morgan fingerprint density at radius 2 is 2.33 bits per heavy atom. The predicted octanol–water partition coefficient (Wildman–Crippen LogP) is 0.631. The number of nitrogen functional groups attached to an aromatic ring is 1. The third kappa shape index (κ3) is 2.91. The minimum absolute atomic E-state index is 0.260. The highest BCUT2D eigenvalue weighted by molar-refractivity contribution is 5.96. The maximum absolute atomic E-state index is 11.9. The van der Waals surface area contributed by atoms with Gasteiger partial charge in [-0.1, -0.05) is 0 Å². The molecule has 1 aromatic carbocycles. The van der Waals surface area contributed by atoms with Crippen molar-refractivity contribution in [3.8, 4) is 5.75 Å². The Morgan fingerprint density at radius 1 is 1.50 bits per heavy atom. The molecule has 98 valence electrons. The highest BCUT2D eigenvalue weighted by Gasteiger charge is 2.23. The molecule has 1 heterocycles. The fourth-order valence-corrected chi connectivity index (χ4v) is 1.68. The number of hydrogen-bond acceptors (Lipinski definition) is 5. The molecular weight excluding hydrogens is 236 g/mol. The lowest BCUT2D eigenvalue weighted by atomic mass is 10.2. The summed E-state index contributed by atoms with van der Waals surface area (Å²) in [5.74, 6) is 0.285. The van der Waals surface area contributed by atoms with Gasteiger partial charge in [-0.3, -0.25) is 4.79 Å². The van der Waals surface area contributed by atoms with Gasteiger partial charge >= 0.3 is 0 Å². The SMILES string of the molecule is COc1ccc(N)cc1NC(=O)C1COCCO1. The molecule has 3 N–H and O–H groups in total. The van der Waals surface area contributed by atoms with Crippen molar-refractivity contribution in [2.45, 2.75) is 6.10 Å². The normalized spacial score (nSPS) is 19.3. The van der Waals surface area contributed by atoms with Crippen molar-refractivity contribution < 1.29 is 19.0 Å². The van der Waals surface area contributed by atoms with E-state index in [1.165, 1.54) is 7.11 Å². The quantitative estimate of drug-likeness (QED) is 0.771. The number of carbonyl (C=O) groups is 1. The third-order valence-electron chi connectivity index (χ3n) is 2.59. The van der Waals surface area contributed by atoms with Crippen LogP contribution < -0.4 is 15.8 Å². The number of nitrogens with two attached hydrogens (primary N) is 1. The Hall–Kier alpha value is -1.79. The number of amides is 1. The zero-order chi connectivity index (χ0) is 13.0.